The zero-order valence-electron chi connectivity index (χ0n) is 14.9. The van der Waals surface area contributed by atoms with Crippen molar-refractivity contribution < 1.29 is 4.74 Å². The first kappa shape index (κ1) is 17.3. The van der Waals surface area contributed by atoms with Gasteiger partial charge in [0, 0.05) is 55.7 Å². The van der Waals surface area contributed by atoms with E-state index >= 15 is 0 Å². The molecule has 1 N–H and O–H groups in total. The first-order valence-corrected chi connectivity index (χ1v) is 9.29. The molecule has 4 rings (SSSR count). The molecule has 0 bridgehead atoms. The number of halogens is 1. The molecule has 0 atom stereocenters. The van der Waals surface area contributed by atoms with Crippen LogP contribution in [0.25, 0.3) is 10.9 Å². The Morgan fingerprint density at radius 2 is 1.69 bits per heavy atom. The van der Waals surface area contributed by atoms with E-state index in [0.29, 0.717) is 0 Å². The molecule has 136 valence electrons. The zero-order valence-corrected chi connectivity index (χ0v) is 15.7. The number of piperazine rings is 1. The highest BCUT2D eigenvalue weighted by Crippen LogP contribution is 2.23. The topological polar surface area (TPSA) is 44.4 Å². The molecular weight excluding hydrogens is 348 g/mol. The Balaban J connectivity index is 1.34. The molecule has 1 aromatic heterocycles. The maximum Gasteiger partial charge on any atom is 0.121 e. The molecule has 0 amide bonds. The monoisotopic (exact) mass is 370 g/mol. The van der Waals surface area contributed by atoms with E-state index < -0.39 is 0 Å². The fraction of sp³-hybridized carbons (Fsp3) is 0.350. The van der Waals surface area contributed by atoms with Gasteiger partial charge in [0.15, 0.2) is 0 Å². The number of hydrogen-bond donors (Lipinski definition) is 1. The molecular formula is C20H23ClN4O. The van der Waals surface area contributed by atoms with Crippen LogP contribution in [0.3, 0.4) is 0 Å². The predicted molar refractivity (Wildman–Crippen MR) is 105 cm³/mol. The van der Waals surface area contributed by atoms with E-state index in [0.717, 1.165) is 55.6 Å². The number of ether oxygens (including phenoxy) is 1. The van der Waals surface area contributed by atoms with Crippen LogP contribution in [-0.2, 0) is 13.1 Å². The summed E-state index contributed by atoms with van der Waals surface area (Å²) < 4.78 is 5.27. The highest BCUT2D eigenvalue weighted by atomic mass is 35.5. The molecule has 1 fully saturated rings. The molecule has 0 unspecified atom stereocenters. The van der Waals surface area contributed by atoms with E-state index in [1.165, 1.54) is 16.6 Å². The van der Waals surface area contributed by atoms with Crippen LogP contribution >= 0.6 is 11.6 Å². The van der Waals surface area contributed by atoms with Crippen LogP contribution in [0.2, 0.25) is 5.02 Å². The number of aromatic amines is 1. The van der Waals surface area contributed by atoms with Gasteiger partial charge in [-0.3, -0.25) is 14.9 Å². The number of rotatable bonds is 5. The number of nitrogens with zero attached hydrogens (tertiary/aromatic N) is 3. The van der Waals surface area contributed by atoms with Crippen LogP contribution in [0.1, 0.15) is 11.3 Å². The number of H-pyrrole nitrogens is 1. The summed E-state index contributed by atoms with van der Waals surface area (Å²) in [7, 11) is 1.68. The van der Waals surface area contributed by atoms with Crippen molar-refractivity contribution in [2.75, 3.05) is 33.3 Å². The summed E-state index contributed by atoms with van der Waals surface area (Å²) in [5.74, 6) is 0.839. The summed E-state index contributed by atoms with van der Waals surface area (Å²) in [6.07, 6.45) is 0. The number of nitrogens with one attached hydrogen (secondary N) is 1. The number of benzene rings is 2. The van der Waals surface area contributed by atoms with Crippen LogP contribution in [0.5, 0.6) is 5.75 Å². The minimum absolute atomic E-state index is 0.794. The maximum absolute atomic E-state index is 5.96. The number of fused-ring (bicyclic) bond motifs is 1. The van der Waals surface area contributed by atoms with E-state index in [2.05, 4.69) is 38.2 Å². The van der Waals surface area contributed by atoms with Crippen molar-refractivity contribution in [1.29, 1.82) is 0 Å². The molecule has 2 aromatic carbocycles. The fourth-order valence-corrected chi connectivity index (χ4v) is 3.60. The quantitative estimate of drug-likeness (QED) is 0.746. The minimum Gasteiger partial charge on any atom is -0.497 e. The van der Waals surface area contributed by atoms with Gasteiger partial charge in [0.25, 0.3) is 0 Å². The summed E-state index contributed by atoms with van der Waals surface area (Å²) in [6, 6.07) is 14.2. The Kier molecular flexibility index (Phi) is 5.11. The van der Waals surface area contributed by atoms with E-state index in [-0.39, 0.29) is 0 Å². The largest absolute Gasteiger partial charge is 0.497 e. The smallest absolute Gasteiger partial charge is 0.121 e. The highest BCUT2D eigenvalue weighted by Gasteiger charge is 2.18. The van der Waals surface area contributed by atoms with Crippen molar-refractivity contribution in [2.45, 2.75) is 13.1 Å². The van der Waals surface area contributed by atoms with E-state index in [1.807, 2.05) is 24.3 Å². The third-order valence-corrected chi connectivity index (χ3v) is 5.26. The van der Waals surface area contributed by atoms with E-state index in [9.17, 15) is 0 Å². The predicted octanol–water partition coefficient (Wildman–Crippen LogP) is 3.54. The van der Waals surface area contributed by atoms with Gasteiger partial charge >= 0.3 is 0 Å². The van der Waals surface area contributed by atoms with Crippen LogP contribution in [0.15, 0.2) is 42.5 Å². The highest BCUT2D eigenvalue weighted by molar-refractivity contribution is 6.30. The Labute approximate surface area is 158 Å². The van der Waals surface area contributed by atoms with Crippen LogP contribution < -0.4 is 4.74 Å². The molecule has 1 aliphatic heterocycles. The minimum atomic E-state index is 0.794. The SMILES string of the molecule is COc1ccc2c(CN3CCN(Cc4ccc(Cl)cc4)CC3)[nH]nc2c1. The summed E-state index contributed by atoms with van der Waals surface area (Å²) in [4.78, 5) is 4.98. The lowest BCUT2D eigenvalue weighted by molar-refractivity contribution is 0.121. The van der Waals surface area contributed by atoms with Crippen molar-refractivity contribution >= 4 is 22.5 Å². The fourth-order valence-electron chi connectivity index (χ4n) is 3.47. The van der Waals surface area contributed by atoms with Crippen molar-refractivity contribution in [3.8, 4) is 5.75 Å². The molecule has 1 aliphatic rings. The van der Waals surface area contributed by atoms with Crippen molar-refractivity contribution in [3.63, 3.8) is 0 Å². The molecule has 26 heavy (non-hydrogen) atoms. The lowest BCUT2D eigenvalue weighted by Gasteiger charge is -2.34. The standard InChI is InChI=1S/C20H23ClN4O/c1-26-17-6-7-18-19(12-17)22-23-20(18)14-25-10-8-24(9-11-25)13-15-2-4-16(21)5-3-15/h2-7,12H,8-11,13-14H2,1H3,(H,22,23). The van der Waals surface area contributed by atoms with Gasteiger partial charge in [0.1, 0.15) is 5.75 Å². The Hall–Kier alpha value is -2.08. The Bertz CT molecular complexity index is 869. The Morgan fingerprint density at radius 1 is 1.00 bits per heavy atom. The molecule has 6 heteroatoms. The summed E-state index contributed by atoms with van der Waals surface area (Å²) >= 11 is 5.96. The van der Waals surface area contributed by atoms with Gasteiger partial charge in [-0.25, -0.2) is 0 Å². The van der Waals surface area contributed by atoms with Gasteiger partial charge in [-0.05, 0) is 29.8 Å². The number of hydrogen-bond acceptors (Lipinski definition) is 4. The first-order valence-electron chi connectivity index (χ1n) is 8.91. The Morgan fingerprint density at radius 3 is 2.38 bits per heavy atom. The van der Waals surface area contributed by atoms with Gasteiger partial charge < -0.3 is 4.74 Å². The molecule has 0 radical (unpaired) electrons. The van der Waals surface area contributed by atoms with Gasteiger partial charge in [-0.15, -0.1) is 0 Å². The maximum atomic E-state index is 5.96. The second kappa shape index (κ2) is 7.66. The summed E-state index contributed by atoms with van der Waals surface area (Å²) in [5, 5.41) is 9.58. The molecule has 0 spiro atoms. The summed E-state index contributed by atoms with van der Waals surface area (Å²) in [6.45, 7) is 6.15. The molecule has 0 saturated carbocycles. The van der Waals surface area contributed by atoms with Crippen LogP contribution in [0.4, 0.5) is 0 Å². The first-order chi connectivity index (χ1) is 12.7. The number of aromatic nitrogens is 2. The normalized spacial score (nSPS) is 16.2. The third-order valence-electron chi connectivity index (χ3n) is 5.01. The van der Waals surface area contributed by atoms with E-state index in [4.69, 9.17) is 16.3 Å². The molecule has 5 nitrogen and oxygen atoms in total. The van der Waals surface area contributed by atoms with Gasteiger partial charge in [-0.2, -0.15) is 5.10 Å². The number of methoxy groups -OCH3 is 1. The molecule has 1 saturated heterocycles. The lowest BCUT2D eigenvalue weighted by Crippen LogP contribution is -2.45. The molecule has 3 aromatic rings. The average molecular weight is 371 g/mol. The zero-order chi connectivity index (χ0) is 17.9. The second-order valence-electron chi connectivity index (χ2n) is 6.76. The van der Waals surface area contributed by atoms with Crippen LogP contribution in [0, 0.1) is 0 Å². The second-order valence-corrected chi connectivity index (χ2v) is 7.20. The van der Waals surface area contributed by atoms with Gasteiger partial charge in [0.2, 0.25) is 0 Å². The lowest BCUT2D eigenvalue weighted by atomic mass is 10.1. The van der Waals surface area contributed by atoms with Crippen molar-refractivity contribution in [2.24, 2.45) is 0 Å². The average Bonchev–Trinajstić information content (AvgIpc) is 3.07. The van der Waals surface area contributed by atoms with Gasteiger partial charge in [0.05, 0.1) is 18.3 Å². The molecule has 2 heterocycles. The van der Waals surface area contributed by atoms with Crippen molar-refractivity contribution in [3.05, 3.63) is 58.7 Å². The third kappa shape index (κ3) is 3.85. The van der Waals surface area contributed by atoms with Gasteiger partial charge in [-0.1, -0.05) is 23.7 Å². The summed E-state index contributed by atoms with van der Waals surface area (Å²) in [5.41, 5.74) is 3.45. The van der Waals surface area contributed by atoms with Crippen molar-refractivity contribution in [1.82, 2.24) is 20.0 Å². The van der Waals surface area contributed by atoms with E-state index in [1.54, 1.807) is 7.11 Å². The molecule has 0 aliphatic carbocycles. The van der Waals surface area contributed by atoms with Crippen LogP contribution in [-0.4, -0.2) is 53.3 Å².